The van der Waals surface area contributed by atoms with Crippen molar-refractivity contribution in [3.63, 3.8) is 0 Å². The van der Waals surface area contributed by atoms with E-state index in [1.807, 2.05) is 12.1 Å². The SMILES string of the molecule is CC(C)Cc1ccc(C=C2CC(=O)NC2=O)cc1. The molecule has 1 aromatic rings. The molecular weight excluding hydrogens is 226 g/mol. The van der Waals surface area contributed by atoms with E-state index in [1.54, 1.807) is 6.08 Å². The molecule has 3 nitrogen and oxygen atoms in total. The van der Waals surface area contributed by atoms with Crippen LogP contribution in [0.1, 0.15) is 31.4 Å². The molecule has 2 rings (SSSR count). The number of rotatable bonds is 3. The van der Waals surface area contributed by atoms with Gasteiger partial charge in [-0.1, -0.05) is 38.1 Å². The Labute approximate surface area is 107 Å². The Balaban J connectivity index is 2.13. The molecule has 0 atom stereocenters. The number of hydrogen-bond donors (Lipinski definition) is 1. The first-order chi connectivity index (χ1) is 8.54. The van der Waals surface area contributed by atoms with E-state index in [4.69, 9.17) is 0 Å². The summed E-state index contributed by atoms with van der Waals surface area (Å²) >= 11 is 0. The van der Waals surface area contributed by atoms with Crippen LogP contribution in [0.25, 0.3) is 6.08 Å². The summed E-state index contributed by atoms with van der Waals surface area (Å²) in [5.74, 6) is 0.140. The highest BCUT2D eigenvalue weighted by Gasteiger charge is 2.23. The van der Waals surface area contributed by atoms with Crippen molar-refractivity contribution in [2.24, 2.45) is 5.92 Å². The van der Waals surface area contributed by atoms with E-state index in [0.717, 1.165) is 12.0 Å². The summed E-state index contributed by atoms with van der Waals surface area (Å²) in [4.78, 5) is 22.5. The lowest BCUT2D eigenvalue weighted by molar-refractivity contribution is -0.124. The molecule has 3 heteroatoms. The second kappa shape index (κ2) is 5.17. The number of carbonyl (C=O) groups is 2. The molecule has 1 aliphatic heterocycles. The summed E-state index contributed by atoms with van der Waals surface area (Å²) < 4.78 is 0. The molecule has 0 aromatic heterocycles. The highest BCUT2D eigenvalue weighted by Crippen LogP contribution is 2.16. The molecule has 94 valence electrons. The maximum atomic E-state index is 11.4. The molecule has 1 N–H and O–H groups in total. The van der Waals surface area contributed by atoms with Gasteiger partial charge in [0.05, 0.1) is 6.42 Å². The van der Waals surface area contributed by atoms with Crippen LogP contribution in [-0.2, 0) is 16.0 Å². The Bertz CT molecular complexity index is 498. The van der Waals surface area contributed by atoms with Crippen molar-refractivity contribution < 1.29 is 9.59 Å². The second-order valence-electron chi connectivity index (χ2n) is 5.06. The van der Waals surface area contributed by atoms with Crippen molar-refractivity contribution in [3.05, 3.63) is 41.0 Å². The van der Waals surface area contributed by atoms with Crippen LogP contribution >= 0.6 is 0 Å². The van der Waals surface area contributed by atoms with Gasteiger partial charge in [-0.25, -0.2) is 0 Å². The fraction of sp³-hybridized carbons (Fsp3) is 0.333. The number of benzene rings is 1. The van der Waals surface area contributed by atoms with Gasteiger partial charge in [0, 0.05) is 5.57 Å². The Hall–Kier alpha value is -1.90. The third-order valence-corrected chi connectivity index (χ3v) is 2.86. The molecule has 0 unspecified atom stereocenters. The Morgan fingerprint density at radius 2 is 1.89 bits per heavy atom. The first kappa shape index (κ1) is 12.6. The van der Waals surface area contributed by atoms with E-state index in [1.165, 1.54) is 5.56 Å². The molecule has 1 saturated heterocycles. The first-order valence-electron chi connectivity index (χ1n) is 6.18. The highest BCUT2D eigenvalue weighted by atomic mass is 16.2. The minimum atomic E-state index is -0.272. The van der Waals surface area contributed by atoms with E-state index in [2.05, 4.69) is 31.3 Å². The van der Waals surface area contributed by atoms with Crippen LogP contribution in [0.2, 0.25) is 0 Å². The topological polar surface area (TPSA) is 46.2 Å². The fourth-order valence-corrected chi connectivity index (χ4v) is 2.04. The van der Waals surface area contributed by atoms with Crippen LogP contribution in [0, 0.1) is 5.92 Å². The van der Waals surface area contributed by atoms with E-state index in [9.17, 15) is 9.59 Å². The lowest BCUT2D eigenvalue weighted by Crippen LogP contribution is -2.19. The van der Waals surface area contributed by atoms with Crippen LogP contribution in [-0.4, -0.2) is 11.8 Å². The Kier molecular flexibility index (Phi) is 3.60. The van der Waals surface area contributed by atoms with Crippen molar-refractivity contribution >= 4 is 17.9 Å². The predicted molar refractivity (Wildman–Crippen MR) is 70.7 cm³/mol. The summed E-state index contributed by atoms with van der Waals surface area (Å²) in [6, 6.07) is 8.11. The second-order valence-corrected chi connectivity index (χ2v) is 5.06. The van der Waals surface area contributed by atoms with Gasteiger partial charge >= 0.3 is 0 Å². The average molecular weight is 243 g/mol. The Morgan fingerprint density at radius 1 is 1.22 bits per heavy atom. The maximum Gasteiger partial charge on any atom is 0.254 e. The molecule has 1 fully saturated rings. The molecule has 1 aliphatic rings. The van der Waals surface area contributed by atoms with Crippen LogP contribution in [0.4, 0.5) is 0 Å². The van der Waals surface area contributed by atoms with Crippen LogP contribution < -0.4 is 5.32 Å². The summed E-state index contributed by atoms with van der Waals surface area (Å²) in [6.07, 6.45) is 3.02. The zero-order valence-electron chi connectivity index (χ0n) is 10.7. The molecule has 0 radical (unpaired) electrons. The van der Waals surface area contributed by atoms with Gasteiger partial charge in [-0.2, -0.15) is 0 Å². The van der Waals surface area contributed by atoms with Gasteiger partial charge in [-0.05, 0) is 29.5 Å². The molecule has 0 bridgehead atoms. The standard InChI is InChI=1S/C15H17NO2/c1-10(2)7-11-3-5-12(6-4-11)8-13-9-14(17)16-15(13)18/h3-6,8,10H,7,9H2,1-2H3,(H,16,17,18). The Morgan fingerprint density at radius 3 is 2.39 bits per heavy atom. The lowest BCUT2D eigenvalue weighted by atomic mass is 10.0. The quantitative estimate of drug-likeness (QED) is 0.654. The minimum Gasteiger partial charge on any atom is -0.292 e. The van der Waals surface area contributed by atoms with E-state index in [-0.39, 0.29) is 18.2 Å². The zero-order valence-corrected chi connectivity index (χ0v) is 10.7. The number of amides is 2. The normalized spacial score (nSPS) is 17.6. The van der Waals surface area contributed by atoms with Gasteiger partial charge in [-0.15, -0.1) is 0 Å². The predicted octanol–water partition coefficient (Wildman–Crippen LogP) is 2.32. The molecule has 0 aliphatic carbocycles. The maximum absolute atomic E-state index is 11.4. The fourth-order valence-electron chi connectivity index (χ4n) is 2.04. The van der Waals surface area contributed by atoms with E-state index < -0.39 is 0 Å². The van der Waals surface area contributed by atoms with Crippen LogP contribution in [0.5, 0.6) is 0 Å². The van der Waals surface area contributed by atoms with Gasteiger partial charge in [0.2, 0.25) is 5.91 Å². The van der Waals surface area contributed by atoms with Gasteiger partial charge in [0.1, 0.15) is 0 Å². The van der Waals surface area contributed by atoms with Crippen molar-refractivity contribution in [2.45, 2.75) is 26.7 Å². The largest absolute Gasteiger partial charge is 0.292 e. The third kappa shape index (κ3) is 3.06. The highest BCUT2D eigenvalue weighted by molar-refractivity contribution is 6.15. The molecular formula is C15H17NO2. The van der Waals surface area contributed by atoms with Crippen molar-refractivity contribution in [1.82, 2.24) is 5.32 Å². The van der Waals surface area contributed by atoms with Gasteiger partial charge in [0.25, 0.3) is 5.91 Å². The molecule has 0 saturated carbocycles. The lowest BCUT2D eigenvalue weighted by Gasteiger charge is -2.05. The number of imide groups is 1. The van der Waals surface area contributed by atoms with Crippen LogP contribution in [0.3, 0.4) is 0 Å². The van der Waals surface area contributed by atoms with Crippen LogP contribution in [0.15, 0.2) is 29.8 Å². The summed E-state index contributed by atoms with van der Waals surface area (Å²) in [5, 5.41) is 2.28. The number of nitrogens with one attached hydrogen (secondary N) is 1. The van der Waals surface area contributed by atoms with Crippen molar-refractivity contribution in [1.29, 1.82) is 0 Å². The molecule has 2 amide bonds. The van der Waals surface area contributed by atoms with Crippen molar-refractivity contribution in [3.8, 4) is 0 Å². The molecule has 1 heterocycles. The summed E-state index contributed by atoms with van der Waals surface area (Å²) in [5.41, 5.74) is 2.79. The number of hydrogen-bond acceptors (Lipinski definition) is 2. The zero-order chi connectivity index (χ0) is 13.1. The van der Waals surface area contributed by atoms with Gasteiger partial charge < -0.3 is 0 Å². The van der Waals surface area contributed by atoms with Gasteiger partial charge in [0.15, 0.2) is 0 Å². The molecule has 0 spiro atoms. The smallest absolute Gasteiger partial charge is 0.254 e. The third-order valence-electron chi connectivity index (χ3n) is 2.86. The van der Waals surface area contributed by atoms with E-state index >= 15 is 0 Å². The number of carbonyl (C=O) groups excluding carboxylic acids is 2. The monoisotopic (exact) mass is 243 g/mol. The van der Waals surface area contributed by atoms with E-state index in [0.29, 0.717) is 11.5 Å². The minimum absolute atomic E-state index is 0.187. The molecule has 1 aromatic carbocycles. The van der Waals surface area contributed by atoms with Crippen molar-refractivity contribution in [2.75, 3.05) is 0 Å². The summed E-state index contributed by atoms with van der Waals surface area (Å²) in [7, 11) is 0. The van der Waals surface area contributed by atoms with Gasteiger partial charge in [-0.3, -0.25) is 14.9 Å². The summed E-state index contributed by atoms with van der Waals surface area (Å²) in [6.45, 7) is 4.37. The molecule has 18 heavy (non-hydrogen) atoms. The average Bonchev–Trinajstić information content (AvgIpc) is 2.59. The first-order valence-corrected chi connectivity index (χ1v) is 6.18.